The van der Waals surface area contributed by atoms with E-state index in [-0.39, 0.29) is 45.9 Å². The summed E-state index contributed by atoms with van der Waals surface area (Å²) in [5, 5.41) is 9.11. The van der Waals surface area contributed by atoms with Crippen molar-refractivity contribution in [1.29, 1.82) is 5.26 Å². The minimum Gasteiger partial charge on any atom is -0.369 e. The highest BCUT2D eigenvalue weighted by molar-refractivity contribution is 8.45. The van der Waals surface area contributed by atoms with Gasteiger partial charge in [0.25, 0.3) is 5.91 Å². The van der Waals surface area contributed by atoms with Gasteiger partial charge in [0.15, 0.2) is 11.5 Å². The van der Waals surface area contributed by atoms with Crippen LogP contribution in [0.15, 0.2) is 70.8 Å². The maximum Gasteiger partial charge on any atom is 0.310 e. The van der Waals surface area contributed by atoms with Gasteiger partial charge in [0.1, 0.15) is 16.8 Å². The van der Waals surface area contributed by atoms with Gasteiger partial charge < -0.3 is 5.73 Å². The van der Waals surface area contributed by atoms with Crippen molar-refractivity contribution in [3.63, 3.8) is 0 Å². The summed E-state index contributed by atoms with van der Waals surface area (Å²) in [6.45, 7) is 0. The fraction of sp³-hybridized carbons (Fsp3) is 0.0909. The molecule has 1 unspecified atom stereocenters. The minimum atomic E-state index is -9.97. The Balaban J connectivity index is 1.95. The largest absolute Gasteiger partial charge is 0.369 e. The number of nitriles is 1. The lowest BCUT2D eigenvalue weighted by atomic mass is 9.81. The van der Waals surface area contributed by atoms with Gasteiger partial charge in [-0.15, -0.1) is 0 Å². The van der Waals surface area contributed by atoms with Gasteiger partial charge >= 0.3 is 10.2 Å². The Morgan fingerprint density at radius 2 is 1.63 bits per heavy atom. The summed E-state index contributed by atoms with van der Waals surface area (Å²) in [5.74, 6) is -1.82. The van der Waals surface area contributed by atoms with Gasteiger partial charge in [-0.25, -0.2) is 9.38 Å². The van der Waals surface area contributed by atoms with Crippen LogP contribution in [0.1, 0.15) is 16.7 Å². The normalized spacial score (nSPS) is 20.1. The summed E-state index contributed by atoms with van der Waals surface area (Å²) in [6, 6.07) is 8.39. The first-order valence-corrected chi connectivity index (χ1v) is 11.7. The standard InChI is InChI=1S/C22H15F6N5OS/c1-33-20(34)22(32-21(33)30,15-2-5-17(6-3-15)35(24,25,26,27)28)16-4-7-19(23)18(9-16)14-8-13(10-29)11-31-12-14/h2-9,11-12H,1H3,(H2,30,32). The number of carbonyl (C=O) groups excluding carboxylic acids is 1. The molecule has 6 nitrogen and oxygen atoms in total. The van der Waals surface area contributed by atoms with Crippen LogP contribution in [0.3, 0.4) is 0 Å². The summed E-state index contributed by atoms with van der Waals surface area (Å²) < 4.78 is 80.9. The second kappa shape index (κ2) is 6.98. The number of amides is 1. The number of aliphatic imine (C=N–C) groups is 1. The fourth-order valence-corrected chi connectivity index (χ4v) is 4.41. The number of nitrogens with two attached hydrogens (primary N) is 1. The van der Waals surface area contributed by atoms with Gasteiger partial charge in [0, 0.05) is 30.6 Å². The predicted molar refractivity (Wildman–Crippen MR) is 117 cm³/mol. The molecule has 1 amide bonds. The molecular formula is C22H15F6N5OS. The van der Waals surface area contributed by atoms with E-state index >= 15 is 0 Å². The van der Waals surface area contributed by atoms with Gasteiger partial charge in [0.2, 0.25) is 0 Å². The van der Waals surface area contributed by atoms with Crippen LogP contribution in [0.5, 0.6) is 0 Å². The van der Waals surface area contributed by atoms with Crippen LogP contribution in [0, 0.1) is 17.1 Å². The van der Waals surface area contributed by atoms with Crippen molar-refractivity contribution in [2.24, 2.45) is 10.7 Å². The SMILES string of the molecule is CN1C(=O)C(c2ccc(S(F)(F)(F)(F)F)cc2)(c2ccc(F)c(-c3cncc(C#N)c3)c2)N=C1N. The van der Waals surface area contributed by atoms with Crippen molar-refractivity contribution in [3.8, 4) is 17.2 Å². The average Bonchev–Trinajstić information content (AvgIpc) is 3.03. The third-order valence-corrected chi connectivity index (χ3v) is 6.68. The number of halogens is 6. The number of pyridine rings is 1. The van der Waals surface area contributed by atoms with Crippen LogP contribution in [0.4, 0.5) is 23.8 Å². The quantitative estimate of drug-likeness (QED) is 0.472. The van der Waals surface area contributed by atoms with E-state index < -0.39 is 32.4 Å². The van der Waals surface area contributed by atoms with Crippen molar-refractivity contribution in [2.45, 2.75) is 10.4 Å². The van der Waals surface area contributed by atoms with Crippen molar-refractivity contribution >= 4 is 22.1 Å². The molecule has 0 aliphatic carbocycles. The predicted octanol–water partition coefficient (Wildman–Crippen LogP) is 5.45. The monoisotopic (exact) mass is 511 g/mol. The van der Waals surface area contributed by atoms with E-state index in [1.807, 2.05) is 6.07 Å². The van der Waals surface area contributed by atoms with Crippen LogP contribution in [-0.2, 0) is 10.3 Å². The van der Waals surface area contributed by atoms with Crippen molar-refractivity contribution in [1.82, 2.24) is 9.88 Å². The maximum absolute atomic E-state index is 14.8. The van der Waals surface area contributed by atoms with Crippen LogP contribution in [0.2, 0.25) is 0 Å². The number of nitrogens with zero attached hydrogens (tertiary/aromatic N) is 4. The molecule has 4 rings (SSSR count). The minimum absolute atomic E-state index is 0.00801. The molecule has 1 atom stereocenters. The molecule has 0 spiro atoms. The van der Waals surface area contributed by atoms with E-state index in [0.29, 0.717) is 12.1 Å². The molecule has 3 aromatic rings. The summed E-state index contributed by atoms with van der Waals surface area (Å²) >= 11 is 0. The Bertz CT molecular complexity index is 1450. The first-order valence-electron chi connectivity index (χ1n) is 9.70. The van der Waals surface area contributed by atoms with Crippen LogP contribution < -0.4 is 5.73 Å². The first kappa shape index (κ1) is 24.1. The molecule has 0 fully saturated rings. The number of aromatic nitrogens is 1. The zero-order valence-corrected chi connectivity index (χ0v) is 18.5. The zero-order valence-electron chi connectivity index (χ0n) is 17.7. The van der Waals surface area contributed by atoms with Gasteiger partial charge in [-0.3, -0.25) is 14.7 Å². The number of likely N-dealkylation sites (N-methyl/N-ethyl adjacent to an activating group) is 1. The third-order valence-electron chi connectivity index (χ3n) is 5.52. The molecule has 13 heteroatoms. The second-order valence-electron chi connectivity index (χ2n) is 7.81. The van der Waals surface area contributed by atoms with Gasteiger partial charge in [-0.05, 0) is 41.5 Å². The van der Waals surface area contributed by atoms with Crippen LogP contribution in [-0.4, -0.2) is 28.8 Å². The van der Waals surface area contributed by atoms with Crippen molar-refractivity contribution in [2.75, 3.05) is 7.05 Å². The molecule has 1 aliphatic heterocycles. The molecule has 2 N–H and O–H groups in total. The van der Waals surface area contributed by atoms with E-state index in [4.69, 9.17) is 11.0 Å². The van der Waals surface area contributed by atoms with Crippen molar-refractivity contribution in [3.05, 3.63) is 83.4 Å². The Hall–Kier alpha value is -4.05. The Labute approximate surface area is 195 Å². The summed E-state index contributed by atoms with van der Waals surface area (Å²) in [4.78, 5) is 20.1. The Morgan fingerprint density at radius 3 is 2.17 bits per heavy atom. The van der Waals surface area contributed by atoms with E-state index in [2.05, 4.69) is 9.98 Å². The molecule has 0 radical (unpaired) electrons. The van der Waals surface area contributed by atoms with E-state index in [9.17, 15) is 28.6 Å². The molecule has 0 saturated heterocycles. The zero-order chi connectivity index (χ0) is 25.9. The molecule has 2 heterocycles. The number of benzene rings is 2. The van der Waals surface area contributed by atoms with Gasteiger partial charge in [-0.1, -0.05) is 37.6 Å². The average molecular weight is 511 g/mol. The number of hydrogen-bond acceptors (Lipinski definition) is 5. The molecule has 2 aromatic carbocycles. The first-order chi connectivity index (χ1) is 16.1. The summed E-state index contributed by atoms with van der Waals surface area (Å²) in [7, 11) is -8.69. The molecule has 182 valence electrons. The number of hydrogen-bond donors (Lipinski definition) is 1. The number of rotatable bonds is 4. The molecule has 1 aliphatic rings. The molecular weight excluding hydrogens is 496 g/mol. The lowest BCUT2D eigenvalue weighted by molar-refractivity contribution is -0.129. The lowest BCUT2D eigenvalue weighted by Gasteiger charge is -2.40. The molecule has 1 aromatic heterocycles. The number of carbonyl (C=O) groups is 1. The van der Waals surface area contributed by atoms with E-state index in [1.54, 1.807) is 0 Å². The fourth-order valence-electron chi connectivity index (χ4n) is 3.76. The second-order valence-corrected chi connectivity index (χ2v) is 10.2. The van der Waals surface area contributed by atoms with Crippen LogP contribution >= 0.6 is 10.2 Å². The molecule has 35 heavy (non-hydrogen) atoms. The summed E-state index contributed by atoms with van der Waals surface area (Å²) in [5.41, 5.74) is 3.80. The highest BCUT2D eigenvalue weighted by atomic mass is 32.5. The highest BCUT2D eigenvalue weighted by Gasteiger charge is 2.65. The summed E-state index contributed by atoms with van der Waals surface area (Å²) in [6.07, 6.45) is 2.53. The Morgan fingerprint density at radius 1 is 1.00 bits per heavy atom. The Kier molecular flexibility index (Phi) is 4.81. The third kappa shape index (κ3) is 4.06. The highest BCUT2D eigenvalue weighted by Crippen LogP contribution is 3.02. The molecule has 0 bridgehead atoms. The smallest absolute Gasteiger partial charge is 0.310 e. The van der Waals surface area contributed by atoms with Crippen LogP contribution in [0.25, 0.3) is 11.1 Å². The van der Waals surface area contributed by atoms with E-state index in [0.717, 1.165) is 11.0 Å². The topological polar surface area (TPSA) is 95.4 Å². The van der Waals surface area contributed by atoms with Crippen molar-refractivity contribution < 1.29 is 28.6 Å². The van der Waals surface area contributed by atoms with Gasteiger partial charge in [0.05, 0.1) is 5.56 Å². The number of guanidine groups is 1. The van der Waals surface area contributed by atoms with E-state index in [1.165, 1.54) is 37.6 Å². The molecule has 0 saturated carbocycles. The lowest BCUT2D eigenvalue weighted by Crippen LogP contribution is -2.41. The maximum atomic E-state index is 14.8. The van der Waals surface area contributed by atoms with Gasteiger partial charge in [-0.2, -0.15) is 5.26 Å².